The van der Waals surface area contributed by atoms with Crippen LogP contribution in [0.2, 0.25) is 0 Å². The van der Waals surface area contributed by atoms with Gasteiger partial charge in [-0.1, -0.05) is 0 Å². The molecule has 3 atom stereocenters. The van der Waals surface area contributed by atoms with Gasteiger partial charge in [0.1, 0.15) is 6.10 Å². The highest BCUT2D eigenvalue weighted by molar-refractivity contribution is 5.95. The average Bonchev–Trinajstić information content (AvgIpc) is 3.17. The van der Waals surface area contributed by atoms with Crippen molar-refractivity contribution in [3.63, 3.8) is 0 Å². The minimum Gasteiger partial charge on any atom is -0.461 e. The molecule has 0 radical (unpaired) electrons. The fraction of sp³-hybridized carbons (Fsp3) is 0.773. The monoisotopic (exact) mass is 401 g/mol. The van der Waals surface area contributed by atoms with Crippen molar-refractivity contribution in [3.05, 3.63) is 17.5 Å². The number of hydrogen-bond acceptors (Lipinski definition) is 6. The number of carbonyl (C=O) groups is 1. The standard InChI is InChI=1S/C22H31N3O4/c1-12(2)29-21-23-11-16(19(25-21)17-4-3-5-28-17)20(26)24-18-14-6-13-7-15(18)10-22(27,8-13)9-14/h11-15,17-18,27H,3-10H2,1-2H3,(H,24,26)/t13?,14?,15?,17?,18-,22+. The SMILES string of the molecule is CC(C)Oc1ncc(C(=O)N[C@H]2C3CC4CC2C[C@@](O)(C4)C3)c(C2CCCO2)n1. The Morgan fingerprint density at radius 1 is 1.31 bits per heavy atom. The lowest BCUT2D eigenvalue weighted by Crippen LogP contribution is -2.61. The zero-order valence-electron chi connectivity index (χ0n) is 17.3. The van der Waals surface area contributed by atoms with Gasteiger partial charge in [0, 0.05) is 18.8 Å². The molecule has 1 amide bonds. The van der Waals surface area contributed by atoms with E-state index in [1.165, 1.54) is 0 Å². The summed E-state index contributed by atoms with van der Waals surface area (Å²) in [6, 6.07) is 0.419. The quantitative estimate of drug-likeness (QED) is 0.788. The van der Waals surface area contributed by atoms with Gasteiger partial charge in [-0.05, 0) is 76.5 Å². The molecule has 2 heterocycles. The number of aromatic nitrogens is 2. The largest absolute Gasteiger partial charge is 0.461 e. The fourth-order valence-corrected chi connectivity index (χ4v) is 6.31. The molecule has 1 aliphatic heterocycles. The molecule has 3 unspecified atom stereocenters. The molecule has 158 valence electrons. The second-order valence-electron chi connectivity index (χ2n) is 9.81. The Labute approximate surface area is 171 Å². The molecule has 0 spiro atoms. The van der Waals surface area contributed by atoms with Gasteiger partial charge in [-0.2, -0.15) is 4.98 Å². The summed E-state index contributed by atoms with van der Waals surface area (Å²) in [5.41, 5.74) is 0.619. The fourth-order valence-electron chi connectivity index (χ4n) is 6.31. The van der Waals surface area contributed by atoms with Crippen LogP contribution in [0.25, 0.3) is 0 Å². The number of ether oxygens (including phenoxy) is 2. The Morgan fingerprint density at radius 3 is 2.69 bits per heavy atom. The lowest BCUT2D eigenvalue weighted by Gasteiger charge is -2.58. The van der Waals surface area contributed by atoms with Crippen molar-refractivity contribution < 1.29 is 19.4 Å². The van der Waals surface area contributed by atoms with Gasteiger partial charge in [-0.15, -0.1) is 0 Å². The summed E-state index contributed by atoms with van der Waals surface area (Å²) in [6.07, 6.45) is 7.95. The molecule has 2 N–H and O–H groups in total. The van der Waals surface area contributed by atoms with Crippen LogP contribution < -0.4 is 10.1 Å². The zero-order chi connectivity index (χ0) is 20.2. The average molecular weight is 402 g/mol. The molecular weight excluding hydrogens is 370 g/mol. The summed E-state index contributed by atoms with van der Waals surface area (Å²) in [5, 5.41) is 14.1. The molecule has 1 aromatic heterocycles. The normalized spacial score (nSPS) is 37.9. The highest BCUT2D eigenvalue weighted by Gasteiger charge is 2.55. The predicted octanol–water partition coefficient (Wildman–Crippen LogP) is 2.78. The van der Waals surface area contributed by atoms with Crippen molar-refractivity contribution in [3.8, 4) is 6.01 Å². The summed E-state index contributed by atoms with van der Waals surface area (Å²) in [7, 11) is 0. The molecule has 7 heteroatoms. The maximum Gasteiger partial charge on any atom is 0.316 e. The first-order valence-electron chi connectivity index (χ1n) is 11.1. The summed E-state index contributed by atoms with van der Waals surface area (Å²) < 4.78 is 11.5. The molecular formula is C22H31N3O4. The molecule has 4 saturated carbocycles. The van der Waals surface area contributed by atoms with Crippen LogP contribution in [0.3, 0.4) is 0 Å². The van der Waals surface area contributed by atoms with E-state index in [0.717, 1.165) is 44.9 Å². The van der Waals surface area contributed by atoms with Crippen molar-refractivity contribution in [2.45, 2.75) is 82.6 Å². The first-order chi connectivity index (χ1) is 13.9. The van der Waals surface area contributed by atoms with Crippen molar-refractivity contribution in [1.82, 2.24) is 15.3 Å². The number of aliphatic hydroxyl groups is 1. The van der Waals surface area contributed by atoms with Crippen molar-refractivity contribution >= 4 is 5.91 Å². The van der Waals surface area contributed by atoms with Crippen molar-refractivity contribution in [2.75, 3.05) is 6.61 Å². The molecule has 4 bridgehead atoms. The van der Waals surface area contributed by atoms with Crippen LogP contribution in [-0.4, -0.2) is 45.3 Å². The van der Waals surface area contributed by atoms with E-state index in [0.29, 0.717) is 41.6 Å². The van der Waals surface area contributed by atoms with Crippen molar-refractivity contribution in [2.24, 2.45) is 17.8 Å². The van der Waals surface area contributed by atoms with E-state index in [1.54, 1.807) is 6.20 Å². The lowest BCUT2D eigenvalue weighted by molar-refractivity contribution is -0.136. The molecule has 5 aliphatic rings. The number of hydrogen-bond donors (Lipinski definition) is 2. The third kappa shape index (κ3) is 3.63. The molecule has 7 nitrogen and oxygen atoms in total. The lowest BCUT2D eigenvalue weighted by atomic mass is 9.52. The van der Waals surface area contributed by atoms with Crippen LogP contribution in [0.1, 0.15) is 80.9 Å². The second kappa shape index (κ2) is 7.20. The van der Waals surface area contributed by atoms with Crippen LogP contribution in [0.15, 0.2) is 6.20 Å². The third-order valence-corrected chi connectivity index (χ3v) is 7.16. The van der Waals surface area contributed by atoms with Crippen LogP contribution in [0.5, 0.6) is 6.01 Å². The van der Waals surface area contributed by atoms with Gasteiger partial charge >= 0.3 is 6.01 Å². The van der Waals surface area contributed by atoms with Crippen LogP contribution in [-0.2, 0) is 4.74 Å². The summed E-state index contributed by atoms with van der Waals surface area (Å²) >= 11 is 0. The highest BCUT2D eigenvalue weighted by atomic mass is 16.5. The molecule has 1 aromatic rings. The van der Waals surface area contributed by atoms with E-state index in [-0.39, 0.29) is 24.2 Å². The Bertz CT molecular complexity index is 776. The molecule has 1 saturated heterocycles. The third-order valence-electron chi connectivity index (χ3n) is 7.16. The van der Waals surface area contributed by atoms with Gasteiger partial charge in [0.2, 0.25) is 0 Å². The predicted molar refractivity (Wildman–Crippen MR) is 105 cm³/mol. The molecule has 5 fully saturated rings. The number of nitrogens with one attached hydrogen (secondary N) is 1. The van der Waals surface area contributed by atoms with Gasteiger partial charge in [0.05, 0.1) is 23.0 Å². The van der Waals surface area contributed by atoms with E-state index in [2.05, 4.69) is 15.3 Å². The number of rotatable bonds is 5. The molecule has 0 aromatic carbocycles. The minimum absolute atomic E-state index is 0.0362. The number of amides is 1. The Morgan fingerprint density at radius 2 is 2.07 bits per heavy atom. The smallest absolute Gasteiger partial charge is 0.316 e. The maximum absolute atomic E-state index is 13.3. The molecule has 29 heavy (non-hydrogen) atoms. The van der Waals surface area contributed by atoms with E-state index >= 15 is 0 Å². The zero-order valence-corrected chi connectivity index (χ0v) is 17.3. The number of carbonyl (C=O) groups excluding carboxylic acids is 1. The van der Waals surface area contributed by atoms with E-state index < -0.39 is 5.60 Å². The molecule has 4 aliphatic carbocycles. The van der Waals surface area contributed by atoms with E-state index in [4.69, 9.17) is 9.47 Å². The van der Waals surface area contributed by atoms with Gasteiger partial charge in [0.15, 0.2) is 0 Å². The summed E-state index contributed by atoms with van der Waals surface area (Å²) in [4.78, 5) is 22.1. The van der Waals surface area contributed by atoms with Gasteiger partial charge in [0.25, 0.3) is 5.91 Å². The Balaban J connectivity index is 1.38. The first kappa shape index (κ1) is 19.2. The highest BCUT2D eigenvalue weighted by Crippen LogP contribution is 2.55. The van der Waals surface area contributed by atoms with Gasteiger partial charge < -0.3 is 19.9 Å². The van der Waals surface area contributed by atoms with Gasteiger partial charge in [-0.3, -0.25) is 4.79 Å². The van der Waals surface area contributed by atoms with Crippen LogP contribution in [0, 0.1) is 17.8 Å². The van der Waals surface area contributed by atoms with Gasteiger partial charge in [-0.25, -0.2) is 4.98 Å². The second-order valence-corrected chi connectivity index (χ2v) is 9.81. The maximum atomic E-state index is 13.3. The van der Waals surface area contributed by atoms with Crippen LogP contribution >= 0.6 is 0 Å². The summed E-state index contributed by atoms with van der Waals surface area (Å²) in [5.74, 6) is 1.22. The van der Waals surface area contributed by atoms with Crippen LogP contribution in [0.4, 0.5) is 0 Å². The van der Waals surface area contributed by atoms with E-state index in [1.807, 2.05) is 13.8 Å². The minimum atomic E-state index is -0.500. The first-order valence-corrected chi connectivity index (χ1v) is 11.1. The Kier molecular flexibility index (Phi) is 4.78. The van der Waals surface area contributed by atoms with E-state index in [9.17, 15) is 9.90 Å². The van der Waals surface area contributed by atoms with Crippen molar-refractivity contribution in [1.29, 1.82) is 0 Å². The molecule has 6 rings (SSSR count). The Hall–Kier alpha value is -1.73. The summed E-state index contributed by atoms with van der Waals surface area (Å²) in [6.45, 7) is 4.54. The topological polar surface area (TPSA) is 93.6 Å². The number of nitrogens with zero attached hydrogens (tertiary/aromatic N) is 2.